The Balaban J connectivity index is 2.24. The van der Waals surface area contributed by atoms with Crippen molar-refractivity contribution in [3.63, 3.8) is 0 Å². The van der Waals surface area contributed by atoms with Crippen molar-refractivity contribution >= 4 is 34.9 Å². The summed E-state index contributed by atoms with van der Waals surface area (Å²) < 4.78 is 34.1. The molecule has 5 atom stereocenters. The van der Waals surface area contributed by atoms with E-state index in [0.717, 1.165) is 31.7 Å². The molecule has 1 unspecified atom stereocenters. The molecule has 1 aliphatic heterocycles. The van der Waals surface area contributed by atoms with Gasteiger partial charge in [-0.2, -0.15) is 14.4 Å². The first-order chi connectivity index (χ1) is 14.8. The Morgan fingerprint density at radius 3 is 2.31 bits per heavy atom. The predicted molar refractivity (Wildman–Crippen MR) is 94.8 cm³/mol. The van der Waals surface area contributed by atoms with E-state index in [0.29, 0.717) is 0 Å². The lowest BCUT2D eigenvalue weighted by Gasteiger charge is -2.38. The smallest absolute Gasteiger partial charge is 0.326 e. The summed E-state index contributed by atoms with van der Waals surface area (Å²) in [6, 6.07) is 0. The molecule has 3 rings (SSSR count). The minimum absolute atomic E-state index is 0.166. The number of aromatic nitrogens is 4. The highest BCUT2D eigenvalue weighted by Crippen LogP contribution is 2.49. The van der Waals surface area contributed by atoms with Gasteiger partial charge in [-0.3, -0.25) is 19.0 Å². The highest BCUT2D eigenvalue weighted by molar-refractivity contribution is 5.81. The van der Waals surface area contributed by atoms with Crippen LogP contribution in [0.2, 0.25) is 0 Å². The van der Waals surface area contributed by atoms with Crippen LogP contribution < -0.4 is 5.73 Å². The summed E-state index contributed by atoms with van der Waals surface area (Å²) in [6.07, 6.45) is -7.04. The molecule has 5 N–H and O–H groups in total. The van der Waals surface area contributed by atoms with E-state index in [-0.39, 0.29) is 5.52 Å². The number of aliphatic hydroxyl groups is 3. The van der Waals surface area contributed by atoms with Gasteiger partial charge in [-0.15, -0.1) is 0 Å². The average molecular weight is 459 g/mol. The number of carbonyl (C=O) groups excluding carboxylic acids is 3. The number of ether oxygens (including phenoxy) is 4. The highest BCUT2D eigenvalue weighted by atomic mass is 19.1. The summed E-state index contributed by atoms with van der Waals surface area (Å²) in [5, 5.41) is 32.6. The largest absolute Gasteiger partial charge is 0.433 e. The normalized spacial score (nSPS) is 28.3. The van der Waals surface area contributed by atoms with Crippen molar-refractivity contribution in [3.05, 3.63) is 12.4 Å². The van der Waals surface area contributed by atoms with Crippen LogP contribution in [0.25, 0.3) is 11.2 Å². The minimum atomic E-state index is -3.34. The summed E-state index contributed by atoms with van der Waals surface area (Å²) >= 11 is 0. The Morgan fingerprint density at radius 1 is 1.16 bits per heavy atom. The number of rotatable bonds is 5. The molecule has 0 aromatic carbocycles. The Hall–Kier alpha value is -3.47. The molecule has 0 aliphatic carbocycles. The van der Waals surface area contributed by atoms with Crippen LogP contribution in [0, 0.1) is 6.08 Å². The number of nitrogens with zero attached hydrogens (tertiary/aromatic N) is 4. The first-order valence-electron chi connectivity index (χ1n) is 8.80. The molecule has 16 heteroatoms. The van der Waals surface area contributed by atoms with Crippen LogP contribution in [0.1, 0.15) is 27.0 Å². The lowest BCUT2D eigenvalue weighted by Crippen LogP contribution is -2.64. The molecule has 0 bridgehead atoms. The van der Waals surface area contributed by atoms with Gasteiger partial charge in [-0.05, 0) is 0 Å². The number of nitrogens with two attached hydrogens (primary N) is 1. The van der Waals surface area contributed by atoms with Gasteiger partial charge in [0, 0.05) is 20.8 Å². The maximum Gasteiger partial charge on any atom is 0.326 e. The molecule has 0 saturated carbocycles. The molecule has 1 fully saturated rings. The van der Waals surface area contributed by atoms with Gasteiger partial charge in [0.15, 0.2) is 23.1 Å². The highest BCUT2D eigenvalue weighted by Gasteiger charge is 2.75. The van der Waals surface area contributed by atoms with E-state index in [2.05, 4.69) is 19.7 Å². The second-order valence-electron chi connectivity index (χ2n) is 6.69. The Kier molecular flexibility index (Phi) is 5.73. The number of fused-ring (bicyclic) bond motifs is 1. The van der Waals surface area contributed by atoms with Gasteiger partial charge in [0.25, 0.3) is 0 Å². The number of hydrogen-bond donors (Lipinski definition) is 4. The van der Waals surface area contributed by atoms with Crippen molar-refractivity contribution in [2.24, 2.45) is 0 Å². The molecule has 2 aromatic heterocycles. The third-order valence-electron chi connectivity index (χ3n) is 4.33. The van der Waals surface area contributed by atoms with Crippen molar-refractivity contribution in [1.82, 2.24) is 19.5 Å². The minimum Gasteiger partial charge on any atom is -0.433 e. The molecule has 0 spiro atoms. The fraction of sp³-hybridized carbons (Fsp3) is 0.500. The lowest BCUT2D eigenvalue weighted by molar-refractivity contribution is -0.366. The molecule has 174 valence electrons. The zero-order valence-corrected chi connectivity index (χ0v) is 16.8. The quantitative estimate of drug-likeness (QED) is 0.162. The first-order valence-corrected chi connectivity index (χ1v) is 8.80. The number of halogens is 1. The average Bonchev–Trinajstić information content (AvgIpc) is 3.11. The molecule has 2 aromatic rings. The van der Waals surface area contributed by atoms with Crippen molar-refractivity contribution in [3.8, 4) is 0 Å². The van der Waals surface area contributed by atoms with Gasteiger partial charge in [-0.1, -0.05) is 0 Å². The molecule has 15 nitrogen and oxygen atoms in total. The van der Waals surface area contributed by atoms with E-state index in [9.17, 15) is 34.1 Å². The monoisotopic (exact) mass is 459 g/mol. The maximum atomic E-state index is 13.8. The predicted octanol–water partition coefficient (Wildman–Crippen LogP) is -2.17. The summed E-state index contributed by atoms with van der Waals surface area (Å²) in [5.74, 6) is -10.5. The van der Waals surface area contributed by atoms with E-state index in [4.69, 9.17) is 19.9 Å². The van der Waals surface area contributed by atoms with Gasteiger partial charge in [-0.25, -0.2) is 4.98 Å². The molecular weight excluding hydrogens is 441 g/mol. The number of nitrogen functional groups attached to an aromatic ring is 1. The van der Waals surface area contributed by atoms with E-state index < -0.39 is 65.6 Å². The SMILES string of the molecule is CC(=O)OC(O)[C@H]1O[C@@H](n2cnc3c(N)nc(F)nc32)[C@@](O)(OC(C)=O)[C@@]1(O)OC(C)=O. The second-order valence-corrected chi connectivity index (χ2v) is 6.69. The van der Waals surface area contributed by atoms with Crippen molar-refractivity contribution < 1.29 is 53.0 Å². The van der Waals surface area contributed by atoms with Crippen LogP contribution in [0.3, 0.4) is 0 Å². The van der Waals surface area contributed by atoms with Gasteiger partial charge < -0.3 is 40.0 Å². The molecule has 1 aliphatic rings. The van der Waals surface area contributed by atoms with Crippen LogP contribution in [0.15, 0.2) is 6.33 Å². The molecule has 32 heavy (non-hydrogen) atoms. The van der Waals surface area contributed by atoms with Gasteiger partial charge in [0.1, 0.15) is 0 Å². The molecular formula is C16H18FN5O10. The molecule has 1 saturated heterocycles. The fourth-order valence-corrected chi connectivity index (χ4v) is 3.23. The number of aliphatic hydroxyl groups excluding tert-OH is 1. The standard InChI is InChI=1S/C16H18FN5O10/c1-5(23)29-12(26)9-15(27,31-6(2)24)16(28,32-7(3)25)13(30-9)22-4-19-8-10(18)20-14(17)21-11(8)22/h4,9,12-13,26-28H,1-3H3,(H2,18,20,21)/t9-,12?,13-,15+,16-/m1/s1. The maximum absolute atomic E-state index is 13.8. The molecule has 0 radical (unpaired) electrons. The van der Waals surface area contributed by atoms with Crippen LogP contribution in [-0.4, -0.2) is 76.7 Å². The number of hydrogen-bond acceptors (Lipinski definition) is 14. The first kappa shape index (κ1) is 23.2. The molecule has 3 heterocycles. The van der Waals surface area contributed by atoms with Crippen molar-refractivity contribution in [2.45, 2.75) is 51.0 Å². The van der Waals surface area contributed by atoms with E-state index in [1.807, 2.05) is 0 Å². The van der Waals surface area contributed by atoms with Crippen LogP contribution in [0.5, 0.6) is 0 Å². The lowest BCUT2D eigenvalue weighted by atomic mass is 10.0. The van der Waals surface area contributed by atoms with E-state index in [1.54, 1.807) is 0 Å². The Labute approximate surface area is 177 Å². The fourth-order valence-electron chi connectivity index (χ4n) is 3.23. The topological polar surface area (TPSA) is 218 Å². The number of imidazole rings is 1. The zero-order valence-electron chi connectivity index (χ0n) is 16.8. The third kappa shape index (κ3) is 3.68. The Bertz CT molecular complexity index is 1090. The van der Waals surface area contributed by atoms with Crippen molar-refractivity contribution in [1.29, 1.82) is 0 Å². The number of anilines is 1. The summed E-state index contributed by atoms with van der Waals surface area (Å²) in [5.41, 5.74) is 5.04. The number of esters is 3. The van der Waals surface area contributed by atoms with E-state index >= 15 is 0 Å². The summed E-state index contributed by atoms with van der Waals surface area (Å²) in [4.78, 5) is 45.3. The van der Waals surface area contributed by atoms with Gasteiger partial charge >= 0.3 is 35.6 Å². The number of carbonyl (C=O) groups is 3. The van der Waals surface area contributed by atoms with Gasteiger partial charge in [0.2, 0.25) is 12.5 Å². The summed E-state index contributed by atoms with van der Waals surface area (Å²) in [6.45, 7) is 2.57. The van der Waals surface area contributed by atoms with Gasteiger partial charge in [0.05, 0.1) is 6.33 Å². The zero-order chi connectivity index (χ0) is 24.0. The van der Waals surface area contributed by atoms with E-state index in [1.165, 1.54) is 0 Å². The van der Waals surface area contributed by atoms with Crippen LogP contribution >= 0.6 is 0 Å². The van der Waals surface area contributed by atoms with Crippen LogP contribution in [0.4, 0.5) is 10.2 Å². The van der Waals surface area contributed by atoms with Crippen molar-refractivity contribution in [2.75, 3.05) is 5.73 Å². The summed E-state index contributed by atoms with van der Waals surface area (Å²) in [7, 11) is 0. The third-order valence-corrected chi connectivity index (χ3v) is 4.33. The second kappa shape index (κ2) is 7.90. The Morgan fingerprint density at radius 2 is 1.75 bits per heavy atom. The van der Waals surface area contributed by atoms with Crippen LogP contribution in [-0.2, 0) is 33.3 Å². The molecule has 0 amide bonds.